The fourth-order valence-electron chi connectivity index (χ4n) is 2.53. The van der Waals surface area contributed by atoms with E-state index in [1.54, 1.807) is 24.5 Å². The number of benzene rings is 1. The predicted octanol–water partition coefficient (Wildman–Crippen LogP) is 1.98. The second-order valence-corrected chi connectivity index (χ2v) is 8.12. The molecule has 0 saturated heterocycles. The monoisotopic (exact) mass is 375 g/mol. The van der Waals surface area contributed by atoms with Crippen LogP contribution in [0.2, 0.25) is 0 Å². The van der Waals surface area contributed by atoms with E-state index in [1.165, 1.54) is 9.87 Å². The van der Waals surface area contributed by atoms with Crippen LogP contribution >= 0.6 is 0 Å². The minimum absolute atomic E-state index is 0.138. The van der Waals surface area contributed by atoms with E-state index in [0.29, 0.717) is 6.54 Å². The number of pyridine rings is 1. The molecule has 0 radical (unpaired) electrons. The second-order valence-electron chi connectivity index (χ2n) is 6.14. The molecule has 0 aliphatic carbocycles. The van der Waals surface area contributed by atoms with Crippen molar-refractivity contribution in [3.05, 3.63) is 66.0 Å². The summed E-state index contributed by atoms with van der Waals surface area (Å²) < 4.78 is 25.2. The van der Waals surface area contributed by atoms with Crippen LogP contribution in [0.25, 0.3) is 0 Å². The first-order valence-electron chi connectivity index (χ1n) is 8.60. The highest BCUT2D eigenvalue weighted by Crippen LogP contribution is 2.08. The van der Waals surface area contributed by atoms with Gasteiger partial charge in [0.2, 0.25) is 15.9 Å². The van der Waals surface area contributed by atoms with E-state index in [4.69, 9.17) is 0 Å². The van der Waals surface area contributed by atoms with Crippen LogP contribution in [0.15, 0.2) is 54.9 Å². The van der Waals surface area contributed by atoms with Crippen molar-refractivity contribution in [2.45, 2.75) is 25.8 Å². The van der Waals surface area contributed by atoms with E-state index in [2.05, 4.69) is 22.4 Å². The molecule has 2 aromatic rings. The van der Waals surface area contributed by atoms with Gasteiger partial charge in [0.25, 0.3) is 0 Å². The molecule has 1 N–H and O–H groups in total. The number of nitrogens with zero attached hydrogens (tertiary/aromatic N) is 2. The number of aromatic nitrogens is 1. The fraction of sp³-hybridized carbons (Fsp3) is 0.368. The van der Waals surface area contributed by atoms with Gasteiger partial charge in [-0.15, -0.1) is 0 Å². The highest BCUT2D eigenvalue weighted by atomic mass is 32.2. The first kappa shape index (κ1) is 20.1. The van der Waals surface area contributed by atoms with Gasteiger partial charge in [0, 0.05) is 38.4 Å². The van der Waals surface area contributed by atoms with E-state index < -0.39 is 10.0 Å². The van der Waals surface area contributed by atoms with E-state index >= 15 is 0 Å². The van der Waals surface area contributed by atoms with Gasteiger partial charge in [0.05, 0.1) is 6.26 Å². The summed E-state index contributed by atoms with van der Waals surface area (Å²) in [5.74, 6) is -0.138. The van der Waals surface area contributed by atoms with Crippen molar-refractivity contribution in [3.63, 3.8) is 0 Å². The fourth-order valence-corrected chi connectivity index (χ4v) is 3.34. The molecule has 1 heterocycles. The summed E-state index contributed by atoms with van der Waals surface area (Å²) in [5, 5.41) is 2.85. The molecule has 1 aromatic carbocycles. The standard InChI is InChI=1S/C19H25N3O3S/c1-26(24,25)22(16-18-9-13-20-14-10-18)15-11-19(23)21-12-5-8-17-6-3-2-4-7-17/h2-4,6-7,9-10,13-14H,5,8,11-12,15-16H2,1H3,(H,21,23). The van der Waals surface area contributed by atoms with Gasteiger partial charge in [-0.25, -0.2) is 8.42 Å². The summed E-state index contributed by atoms with van der Waals surface area (Å²) in [5.41, 5.74) is 2.08. The lowest BCUT2D eigenvalue weighted by atomic mass is 10.1. The highest BCUT2D eigenvalue weighted by Gasteiger charge is 2.18. The maximum absolute atomic E-state index is 12.0. The largest absolute Gasteiger partial charge is 0.356 e. The number of hydrogen-bond donors (Lipinski definition) is 1. The Morgan fingerprint density at radius 2 is 1.77 bits per heavy atom. The van der Waals surface area contributed by atoms with Crippen LogP contribution in [0.1, 0.15) is 24.0 Å². The molecule has 0 spiro atoms. The van der Waals surface area contributed by atoms with Gasteiger partial charge in [0.1, 0.15) is 0 Å². The van der Waals surface area contributed by atoms with Crippen molar-refractivity contribution in [1.29, 1.82) is 0 Å². The Labute approximate surface area is 155 Å². The van der Waals surface area contributed by atoms with Crippen molar-refractivity contribution in [1.82, 2.24) is 14.6 Å². The molecule has 6 nitrogen and oxygen atoms in total. The molecule has 0 aliphatic heterocycles. The van der Waals surface area contributed by atoms with Crippen LogP contribution in [0.3, 0.4) is 0 Å². The SMILES string of the molecule is CS(=O)(=O)N(CCC(=O)NCCCc1ccccc1)Cc1ccncc1. The smallest absolute Gasteiger partial charge is 0.221 e. The van der Waals surface area contributed by atoms with Crippen LogP contribution < -0.4 is 5.32 Å². The zero-order valence-corrected chi connectivity index (χ0v) is 15.8. The third-order valence-corrected chi connectivity index (χ3v) is 5.22. The lowest BCUT2D eigenvalue weighted by Gasteiger charge is -2.19. The first-order valence-corrected chi connectivity index (χ1v) is 10.4. The second kappa shape index (κ2) is 10.0. The molecule has 26 heavy (non-hydrogen) atoms. The molecule has 1 amide bonds. The molecule has 0 aliphatic rings. The average Bonchev–Trinajstić information content (AvgIpc) is 2.63. The lowest BCUT2D eigenvalue weighted by molar-refractivity contribution is -0.121. The maximum Gasteiger partial charge on any atom is 0.221 e. The normalized spacial score (nSPS) is 11.5. The topological polar surface area (TPSA) is 79.4 Å². The van der Waals surface area contributed by atoms with Gasteiger partial charge in [-0.05, 0) is 36.1 Å². The molecular weight excluding hydrogens is 350 g/mol. The van der Waals surface area contributed by atoms with Gasteiger partial charge >= 0.3 is 0 Å². The molecular formula is C19H25N3O3S. The number of carbonyl (C=O) groups excluding carboxylic acids is 1. The van der Waals surface area contributed by atoms with Crippen LogP contribution in [-0.4, -0.2) is 43.0 Å². The molecule has 0 bridgehead atoms. The Bertz CT molecular complexity index is 780. The molecule has 7 heteroatoms. The highest BCUT2D eigenvalue weighted by molar-refractivity contribution is 7.88. The van der Waals surface area contributed by atoms with E-state index in [1.807, 2.05) is 18.2 Å². The lowest BCUT2D eigenvalue weighted by Crippen LogP contribution is -2.34. The number of hydrogen-bond acceptors (Lipinski definition) is 4. The molecule has 0 atom stereocenters. The quantitative estimate of drug-likeness (QED) is 0.644. The Morgan fingerprint density at radius 3 is 2.42 bits per heavy atom. The van der Waals surface area contributed by atoms with Gasteiger partial charge < -0.3 is 5.32 Å². The van der Waals surface area contributed by atoms with E-state index in [9.17, 15) is 13.2 Å². The van der Waals surface area contributed by atoms with Gasteiger partial charge in [-0.1, -0.05) is 30.3 Å². The Balaban J connectivity index is 1.74. The molecule has 140 valence electrons. The van der Waals surface area contributed by atoms with Crippen molar-refractivity contribution < 1.29 is 13.2 Å². The minimum atomic E-state index is -3.39. The number of amides is 1. The first-order chi connectivity index (χ1) is 12.4. The molecule has 0 fully saturated rings. The Morgan fingerprint density at radius 1 is 1.08 bits per heavy atom. The van der Waals surface area contributed by atoms with Crippen molar-refractivity contribution >= 4 is 15.9 Å². The molecule has 1 aromatic heterocycles. The summed E-state index contributed by atoms with van der Waals surface area (Å²) >= 11 is 0. The van der Waals surface area contributed by atoms with Crippen LogP contribution in [0.4, 0.5) is 0 Å². The zero-order chi connectivity index (χ0) is 18.8. The van der Waals surface area contributed by atoms with E-state index in [-0.39, 0.29) is 25.4 Å². The third kappa shape index (κ3) is 7.33. The van der Waals surface area contributed by atoms with Crippen LogP contribution in [0, 0.1) is 0 Å². The number of aryl methyl sites for hydroxylation is 1. The van der Waals surface area contributed by atoms with Gasteiger partial charge in [-0.2, -0.15) is 4.31 Å². The summed E-state index contributed by atoms with van der Waals surface area (Å²) in [4.78, 5) is 15.9. The summed E-state index contributed by atoms with van der Waals surface area (Å²) in [7, 11) is -3.39. The molecule has 2 rings (SSSR count). The van der Waals surface area contributed by atoms with Gasteiger partial charge in [-0.3, -0.25) is 9.78 Å². The van der Waals surface area contributed by atoms with E-state index in [0.717, 1.165) is 24.7 Å². The minimum Gasteiger partial charge on any atom is -0.356 e. The third-order valence-electron chi connectivity index (χ3n) is 3.97. The number of rotatable bonds is 10. The molecule has 0 unspecified atom stereocenters. The van der Waals surface area contributed by atoms with Crippen molar-refractivity contribution in [2.24, 2.45) is 0 Å². The van der Waals surface area contributed by atoms with Crippen LogP contribution in [-0.2, 0) is 27.8 Å². The number of sulfonamides is 1. The number of carbonyl (C=O) groups is 1. The number of nitrogens with one attached hydrogen (secondary N) is 1. The Kier molecular flexibility index (Phi) is 7.74. The van der Waals surface area contributed by atoms with Crippen molar-refractivity contribution in [3.8, 4) is 0 Å². The maximum atomic E-state index is 12.0. The van der Waals surface area contributed by atoms with Crippen molar-refractivity contribution in [2.75, 3.05) is 19.3 Å². The Hall–Kier alpha value is -2.25. The van der Waals surface area contributed by atoms with Gasteiger partial charge in [0.15, 0.2) is 0 Å². The zero-order valence-electron chi connectivity index (χ0n) is 15.0. The van der Waals surface area contributed by atoms with Crippen LogP contribution in [0.5, 0.6) is 0 Å². The summed E-state index contributed by atoms with van der Waals surface area (Å²) in [6, 6.07) is 13.6. The summed E-state index contributed by atoms with van der Waals surface area (Å²) in [6.07, 6.45) is 6.29. The average molecular weight is 375 g/mol. The summed E-state index contributed by atoms with van der Waals surface area (Å²) in [6.45, 7) is 0.977. The predicted molar refractivity (Wildman–Crippen MR) is 102 cm³/mol. The molecule has 0 saturated carbocycles.